The summed E-state index contributed by atoms with van der Waals surface area (Å²) in [5, 5.41) is 0. The second kappa shape index (κ2) is 3.26. The van der Waals surface area contributed by atoms with Crippen LogP contribution in [0.1, 0.15) is 0 Å². The molecule has 0 aliphatic carbocycles. The number of benzene rings is 1. The van der Waals surface area contributed by atoms with Crippen LogP contribution in [0.2, 0.25) is 0 Å². The second-order valence-corrected chi connectivity index (χ2v) is 2.90. The minimum atomic E-state index is -0.841. The number of rotatable bonds is 1. The summed E-state index contributed by atoms with van der Waals surface area (Å²) in [4.78, 5) is 0. The minimum Gasteiger partial charge on any atom is -0.495 e. The average Bonchev–Trinajstić information content (AvgIpc) is 2.08. The van der Waals surface area contributed by atoms with E-state index in [9.17, 15) is 8.78 Å². The molecule has 2 nitrogen and oxygen atoms in total. The Morgan fingerprint density at radius 2 is 2.08 bits per heavy atom. The van der Waals surface area contributed by atoms with Gasteiger partial charge in [-0.2, -0.15) is 0 Å². The molecule has 0 saturated carbocycles. The summed E-state index contributed by atoms with van der Waals surface area (Å²) in [6, 6.07) is 1.02. The van der Waals surface area contributed by atoms with Crippen molar-refractivity contribution in [3.8, 4) is 5.75 Å². The highest BCUT2D eigenvalue weighted by Crippen LogP contribution is 2.32. The predicted molar refractivity (Wildman–Crippen MR) is 45.0 cm³/mol. The van der Waals surface area contributed by atoms with Gasteiger partial charge in [0.1, 0.15) is 11.4 Å². The fraction of sp³-hybridized carbons (Fsp3) is 0.143. The van der Waals surface area contributed by atoms with Crippen LogP contribution in [0.15, 0.2) is 10.5 Å². The third-order valence-corrected chi connectivity index (χ3v) is 2.12. The van der Waals surface area contributed by atoms with Crippen molar-refractivity contribution in [3.05, 3.63) is 22.2 Å². The molecule has 0 heterocycles. The molecule has 66 valence electrons. The number of anilines is 1. The Balaban J connectivity index is 3.39. The molecule has 0 aliphatic rings. The molecule has 12 heavy (non-hydrogen) atoms. The van der Waals surface area contributed by atoms with Crippen LogP contribution in [0, 0.1) is 11.6 Å². The van der Waals surface area contributed by atoms with Crippen molar-refractivity contribution in [2.75, 3.05) is 12.8 Å². The molecule has 1 aromatic rings. The van der Waals surface area contributed by atoms with Gasteiger partial charge in [0.05, 0.1) is 11.6 Å². The van der Waals surface area contributed by atoms with Crippen LogP contribution in [-0.2, 0) is 0 Å². The molecule has 0 amide bonds. The molecule has 0 radical (unpaired) electrons. The Labute approximate surface area is 76.4 Å². The highest BCUT2D eigenvalue weighted by Gasteiger charge is 2.14. The van der Waals surface area contributed by atoms with Crippen molar-refractivity contribution in [2.24, 2.45) is 0 Å². The Bertz CT molecular complexity index is 317. The highest BCUT2D eigenvalue weighted by molar-refractivity contribution is 9.10. The lowest BCUT2D eigenvalue weighted by Crippen LogP contribution is -1.98. The first-order valence-corrected chi connectivity index (χ1v) is 3.84. The third kappa shape index (κ3) is 1.36. The number of nitrogens with two attached hydrogens (primary N) is 1. The second-order valence-electron chi connectivity index (χ2n) is 2.10. The summed E-state index contributed by atoms with van der Waals surface area (Å²) in [5.41, 5.74) is 4.56. The Kier molecular flexibility index (Phi) is 2.52. The van der Waals surface area contributed by atoms with Gasteiger partial charge >= 0.3 is 0 Å². The minimum absolute atomic E-state index is 0.0314. The summed E-state index contributed by atoms with van der Waals surface area (Å²) in [7, 11) is 1.31. The number of methoxy groups -OCH3 is 1. The largest absolute Gasteiger partial charge is 0.495 e. The van der Waals surface area contributed by atoms with Crippen molar-refractivity contribution in [1.29, 1.82) is 0 Å². The van der Waals surface area contributed by atoms with E-state index in [0.717, 1.165) is 6.07 Å². The van der Waals surface area contributed by atoms with E-state index >= 15 is 0 Å². The van der Waals surface area contributed by atoms with Gasteiger partial charge in [0, 0.05) is 6.07 Å². The standard InChI is InChI=1S/C7H6BrF2NO/c1-12-4-2-3(9)7(11)6(10)5(4)8/h2H,11H2,1H3. The van der Waals surface area contributed by atoms with E-state index < -0.39 is 17.3 Å². The highest BCUT2D eigenvalue weighted by atomic mass is 79.9. The van der Waals surface area contributed by atoms with Gasteiger partial charge in [0.2, 0.25) is 0 Å². The third-order valence-electron chi connectivity index (χ3n) is 1.38. The van der Waals surface area contributed by atoms with Crippen molar-refractivity contribution in [1.82, 2.24) is 0 Å². The van der Waals surface area contributed by atoms with Crippen LogP contribution in [0.5, 0.6) is 5.75 Å². The summed E-state index contributed by atoms with van der Waals surface area (Å²) in [6.07, 6.45) is 0. The van der Waals surface area contributed by atoms with Gasteiger partial charge in [-0.15, -0.1) is 0 Å². The van der Waals surface area contributed by atoms with Gasteiger partial charge < -0.3 is 10.5 Å². The van der Waals surface area contributed by atoms with E-state index in [4.69, 9.17) is 5.73 Å². The van der Waals surface area contributed by atoms with Crippen LogP contribution in [0.25, 0.3) is 0 Å². The molecule has 2 N–H and O–H groups in total. The number of hydrogen-bond donors (Lipinski definition) is 1. The number of hydrogen-bond acceptors (Lipinski definition) is 2. The van der Waals surface area contributed by atoms with E-state index in [2.05, 4.69) is 20.7 Å². The maximum atomic E-state index is 12.9. The fourth-order valence-corrected chi connectivity index (χ4v) is 1.23. The summed E-state index contributed by atoms with van der Waals surface area (Å²) >= 11 is 2.88. The first kappa shape index (κ1) is 9.25. The maximum absolute atomic E-state index is 12.9. The lowest BCUT2D eigenvalue weighted by atomic mass is 10.3. The van der Waals surface area contributed by atoms with Crippen LogP contribution < -0.4 is 10.5 Å². The summed E-state index contributed by atoms with van der Waals surface area (Å²) < 4.78 is 30.4. The molecule has 0 bridgehead atoms. The fourth-order valence-electron chi connectivity index (χ4n) is 0.736. The molecule has 0 aromatic heterocycles. The monoisotopic (exact) mass is 237 g/mol. The van der Waals surface area contributed by atoms with Gasteiger partial charge in [-0.05, 0) is 15.9 Å². The van der Waals surface area contributed by atoms with E-state index in [1.54, 1.807) is 0 Å². The molecule has 0 spiro atoms. The first-order chi connectivity index (χ1) is 5.57. The van der Waals surface area contributed by atoms with Crippen LogP contribution in [-0.4, -0.2) is 7.11 Å². The molecule has 1 rings (SSSR count). The maximum Gasteiger partial charge on any atom is 0.167 e. The summed E-state index contributed by atoms with van der Waals surface area (Å²) in [5.74, 6) is -1.58. The molecular weight excluding hydrogens is 232 g/mol. The quantitative estimate of drug-likeness (QED) is 0.601. The Hall–Kier alpha value is -0.840. The van der Waals surface area contributed by atoms with Crippen LogP contribution >= 0.6 is 15.9 Å². The molecule has 5 heteroatoms. The topological polar surface area (TPSA) is 35.2 Å². The van der Waals surface area contributed by atoms with Gasteiger partial charge in [-0.25, -0.2) is 8.78 Å². The average molecular weight is 238 g/mol. The molecular formula is C7H6BrF2NO. The smallest absolute Gasteiger partial charge is 0.167 e. The van der Waals surface area contributed by atoms with E-state index in [1.165, 1.54) is 7.11 Å². The molecule has 0 unspecified atom stereocenters. The van der Waals surface area contributed by atoms with Gasteiger partial charge in [-0.3, -0.25) is 0 Å². The zero-order valence-electron chi connectivity index (χ0n) is 6.20. The zero-order chi connectivity index (χ0) is 9.30. The molecule has 1 aromatic carbocycles. The SMILES string of the molecule is COc1cc(F)c(N)c(F)c1Br. The molecule has 0 atom stereocenters. The summed E-state index contributed by atoms with van der Waals surface area (Å²) in [6.45, 7) is 0. The van der Waals surface area contributed by atoms with Crippen molar-refractivity contribution in [2.45, 2.75) is 0 Å². The predicted octanol–water partition coefficient (Wildman–Crippen LogP) is 2.32. The van der Waals surface area contributed by atoms with Gasteiger partial charge in [0.25, 0.3) is 0 Å². The Morgan fingerprint density at radius 1 is 1.50 bits per heavy atom. The van der Waals surface area contributed by atoms with Crippen LogP contribution in [0.4, 0.5) is 14.5 Å². The van der Waals surface area contributed by atoms with Crippen molar-refractivity contribution < 1.29 is 13.5 Å². The van der Waals surface area contributed by atoms with E-state index in [0.29, 0.717) is 0 Å². The Morgan fingerprint density at radius 3 is 2.58 bits per heavy atom. The molecule has 0 fully saturated rings. The van der Waals surface area contributed by atoms with Crippen LogP contribution in [0.3, 0.4) is 0 Å². The number of nitrogen functional groups attached to an aromatic ring is 1. The van der Waals surface area contributed by atoms with Crippen molar-refractivity contribution >= 4 is 21.6 Å². The number of ether oxygens (including phenoxy) is 1. The lowest BCUT2D eigenvalue weighted by Gasteiger charge is -2.06. The lowest BCUT2D eigenvalue weighted by molar-refractivity contribution is 0.404. The van der Waals surface area contributed by atoms with E-state index in [1.807, 2.05) is 0 Å². The molecule has 0 aliphatic heterocycles. The first-order valence-electron chi connectivity index (χ1n) is 3.05. The van der Waals surface area contributed by atoms with E-state index in [-0.39, 0.29) is 10.2 Å². The zero-order valence-corrected chi connectivity index (χ0v) is 7.78. The van der Waals surface area contributed by atoms with Gasteiger partial charge in [0.15, 0.2) is 11.6 Å². The molecule has 0 saturated heterocycles. The number of halogens is 3. The van der Waals surface area contributed by atoms with Gasteiger partial charge in [-0.1, -0.05) is 0 Å². The van der Waals surface area contributed by atoms with Crippen molar-refractivity contribution in [3.63, 3.8) is 0 Å². The normalized spacial score (nSPS) is 10.0.